The van der Waals surface area contributed by atoms with Crippen molar-refractivity contribution >= 4 is 23.2 Å². The first-order chi connectivity index (χ1) is 29.3. The topological polar surface area (TPSA) is 46.2 Å². The fraction of sp³-hybridized carbons (Fsp3) is 0.208. The fourth-order valence-corrected chi connectivity index (χ4v) is 12.5. The number of benzene rings is 7. The molecule has 60 heavy (non-hydrogen) atoms. The molecule has 306 valence electrons. The van der Waals surface area contributed by atoms with Crippen LogP contribution in [-0.2, 0) is 50.1 Å². The van der Waals surface area contributed by atoms with E-state index in [2.05, 4.69) is 164 Å². The monoisotopic (exact) mass is 926 g/mol. The summed E-state index contributed by atoms with van der Waals surface area (Å²) >= 11 is 0. The van der Waals surface area contributed by atoms with E-state index < -0.39 is 37.8 Å². The average molecular weight is 927 g/mol. The Morgan fingerprint density at radius 3 is 1.02 bits per heavy atom. The molecule has 7 aromatic rings. The van der Waals surface area contributed by atoms with Crippen LogP contribution in [0.15, 0.2) is 212 Å². The largest absolute Gasteiger partial charge is 1.00 e. The summed E-state index contributed by atoms with van der Waals surface area (Å²) in [6.45, 7) is 1.94. The van der Waals surface area contributed by atoms with Crippen molar-refractivity contribution in [2.75, 3.05) is 12.8 Å². The quantitative estimate of drug-likeness (QED) is 0.0707. The summed E-state index contributed by atoms with van der Waals surface area (Å²) in [6.07, 6.45) is -1.71. The van der Waals surface area contributed by atoms with Crippen molar-refractivity contribution in [1.82, 2.24) is 0 Å². The van der Waals surface area contributed by atoms with Gasteiger partial charge in [0.05, 0.1) is 33.0 Å². The molecule has 8 rings (SSSR count). The highest BCUT2D eigenvalue weighted by Gasteiger charge is 2.55. The van der Waals surface area contributed by atoms with Crippen LogP contribution in [-0.4, -0.2) is 43.3 Å². The van der Waals surface area contributed by atoms with Gasteiger partial charge in [0.2, 0.25) is 0 Å². The maximum absolute atomic E-state index is 7.50. The Kier molecular flexibility index (Phi) is 16.3. The molecule has 0 aliphatic carbocycles. The molecular weight excluding hydrogens is 874 g/mol. The highest BCUT2D eigenvalue weighted by Crippen LogP contribution is 2.57. The van der Waals surface area contributed by atoms with E-state index >= 15 is 0 Å². The molecule has 5 atom stereocenters. The minimum Gasteiger partial charge on any atom is -1.00 e. The van der Waals surface area contributed by atoms with Crippen molar-refractivity contribution < 1.29 is 47.7 Å². The maximum atomic E-state index is 7.50. The van der Waals surface area contributed by atoms with Gasteiger partial charge >= 0.3 is 0 Å². The molecule has 7 aromatic carbocycles. The first kappa shape index (κ1) is 43.6. The van der Waals surface area contributed by atoms with Crippen LogP contribution in [0.5, 0.6) is 0 Å². The lowest BCUT2D eigenvalue weighted by molar-refractivity contribution is -0.268. The Morgan fingerprint density at radius 1 is 0.350 bits per heavy atom. The van der Waals surface area contributed by atoms with E-state index in [4.69, 9.17) is 23.7 Å². The zero-order chi connectivity index (χ0) is 40.0. The molecule has 0 radical (unpaired) electrons. The molecular formula is C53H52IO5P. The molecule has 0 bridgehead atoms. The summed E-state index contributed by atoms with van der Waals surface area (Å²) in [5, 5.41) is 3.84. The maximum Gasteiger partial charge on any atom is 0.121 e. The SMILES string of the molecule is [I-].c1ccc(COC[C@H]2O[C@H](C[P+](c3ccccc3)(c3ccccc3)c3ccccc3)[C@H](OCc3ccccc3)[C@@H](OCc3ccccc3)[C@H]2OCc2ccccc2)cc1. The summed E-state index contributed by atoms with van der Waals surface area (Å²) in [7, 11) is -2.38. The number of halogens is 1. The molecule has 0 aromatic heterocycles. The predicted octanol–water partition coefficient (Wildman–Crippen LogP) is 6.72. The summed E-state index contributed by atoms with van der Waals surface area (Å²) in [4.78, 5) is 0. The van der Waals surface area contributed by atoms with Gasteiger partial charge in [-0.1, -0.05) is 176 Å². The normalized spacial score (nSPS) is 19.0. The van der Waals surface area contributed by atoms with Crippen LogP contribution in [0.3, 0.4) is 0 Å². The summed E-state index contributed by atoms with van der Waals surface area (Å²) in [5.41, 5.74) is 4.34. The third-order valence-corrected chi connectivity index (χ3v) is 15.5. The lowest BCUT2D eigenvalue weighted by Gasteiger charge is -2.47. The third-order valence-electron chi connectivity index (χ3n) is 11.0. The first-order valence-corrected chi connectivity index (χ1v) is 22.5. The second-order valence-electron chi connectivity index (χ2n) is 15.0. The van der Waals surface area contributed by atoms with Gasteiger partial charge < -0.3 is 47.7 Å². The van der Waals surface area contributed by atoms with Crippen LogP contribution < -0.4 is 39.9 Å². The molecule has 5 nitrogen and oxygen atoms in total. The van der Waals surface area contributed by atoms with Crippen LogP contribution in [0.4, 0.5) is 0 Å². The summed E-state index contributed by atoms with van der Waals surface area (Å²) in [5.74, 6) is 0. The Hall–Kier alpha value is -4.50. The minimum absolute atomic E-state index is 0. The first-order valence-electron chi connectivity index (χ1n) is 20.5. The van der Waals surface area contributed by atoms with Gasteiger partial charge in [-0.25, -0.2) is 0 Å². The fourth-order valence-electron chi connectivity index (χ4n) is 8.11. The summed E-state index contributed by atoms with van der Waals surface area (Å²) < 4.78 is 35.4. The van der Waals surface area contributed by atoms with E-state index in [0.29, 0.717) is 39.2 Å². The second kappa shape index (κ2) is 22.4. The van der Waals surface area contributed by atoms with Gasteiger partial charge in [-0.3, -0.25) is 0 Å². The van der Waals surface area contributed by atoms with Gasteiger partial charge in [0.1, 0.15) is 59.9 Å². The van der Waals surface area contributed by atoms with Crippen molar-refractivity contribution in [2.45, 2.75) is 56.9 Å². The highest BCUT2D eigenvalue weighted by molar-refractivity contribution is 7.95. The molecule has 0 spiro atoms. The second-order valence-corrected chi connectivity index (χ2v) is 18.5. The van der Waals surface area contributed by atoms with Crippen molar-refractivity contribution in [3.8, 4) is 0 Å². The Morgan fingerprint density at radius 2 is 0.650 bits per heavy atom. The number of hydrogen-bond acceptors (Lipinski definition) is 5. The third kappa shape index (κ3) is 11.1. The minimum atomic E-state index is -2.38. The molecule has 0 amide bonds. The van der Waals surface area contributed by atoms with E-state index in [-0.39, 0.29) is 24.0 Å². The Bertz CT molecular complexity index is 2140. The van der Waals surface area contributed by atoms with Crippen molar-refractivity contribution in [1.29, 1.82) is 0 Å². The lowest BCUT2D eigenvalue weighted by atomic mass is 9.94. The Balaban J connectivity index is 0.00000544. The van der Waals surface area contributed by atoms with E-state index in [1.54, 1.807) is 0 Å². The van der Waals surface area contributed by atoms with E-state index in [1.165, 1.54) is 15.9 Å². The van der Waals surface area contributed by atoms with Crippen LogP contribution in [0.25, 0.3) is 0 Å². The summed E-state index contributed by atoms with van der Waals surface area (Å²) in [6, 6.07) is 74.2. The highest BCUT2D eigenvalue weighted by atomic mass is 127. The van der Waals surface area contributed by atoms with E-state index in [0.717, 1.165) is 22.3 Å². The average Bonchev–Trinajstić information content (AvgIpc) is 3.31. The van der Waals surface area contributed by atoms with Gasteiger partial charge in [0.25, 0.3) is 0 Å². The molecule has 0 saturated carbocycles. The molecule has 0 N–H and O–H groups in total. The zero-order valence-electron chi connectivity index (χ0n) is 33.7. The zero-order valence-corrected chi connectivity index (χ0v) is 36.8. The van der Waals surface area contributed by atoms with Gasteiger partial charge in [-0.2, -0.15) is 0 Å². The Labute approximate surface area is 373 Å². The van der Waals surface area contributed by atoms with Crippen molar-refractivity contribution in [2.24, 2.45) is 0 Å². The molecule has 1 aliphatic heterocycles. The van der Waals surface area contributed by atoms with Gasteiger partial charge in [-0.05, 0) is 58.7 Å². The van der Waals surface area contributed by atoms with Crippen LogP contribution in [0.1, 0.15) is 22.3 Å². The van der Waals surface area contributed by atoms with Gasteiger partial charge in [-0.15, -0.1) is 0 Å². The van der Waals surface area contributed by atoms with E-state index in [9.17, 15) is 0 Å². The number of ether oxygens (including phenoxy) is 5. The molecule has 7 heteroatoms. The molecule has 1 aliphatic rings. The smallest absolute Gasteiger partial charge is 0.121 e. The van der Waals surface area contributed by atoms with Crippen LogP contribution in [0, 0.1) is 0 Å². The van der Waals surface area contributed by atoms with Gasteiger partial charge in [0.15, 0.2) is 0 Å². The standard InChI is InChI=1S/C53H52O5P.HI/c1-8-22-42(23-9-1)36-54-40-49-51(55-37-43-24-10-2-11-25-43)53(57-39-45-28-14-4-15-29-45)52(56-38-44-26-12-3-13-27-44)50(58-49)41-59(46-30-16-5-17-31-46,47-32-18-6-19-33-47)48-34-20-7-21-35-48;/h1-35,49-53H,36-41H2;1H/q+1;/p-1/t49-,50-,51+,52+,53+;/m1./s1. The van der Waals surface area contributed by atoms with Crippen molar-refractivity contribution in [3.63, 3.8) is 0 Å². The lowest BCUT2D eigenvalue weighted by Crippen LogP contribution is -3.00. The van der Waals surface area contributed by atoms with Gasteiger partial charge in [0, 0.05) is 0 Å². The predicted molar refractivity (Wildman–Crippen MR) is 240 cm³/mol. The molecule has 1 heterocycles. The molecule has 1 saturated heterocycles. The van der Waals surface area contributed by atoms with Crippen molar-refractivity contribution in [3.05, 3.63) is 235 Å². The van der Waals surface area contributed by atoms with Crippen LogP contribution >= 0.6 is 7.26 Å². The van der Waals surface area contributed by atoms with E-state index in [1.807, 2.05) is 48.5 Å². The number of hydrogen-bond donors (Lipinski definition) is 0. The molecule has 0 unspecified atom stereocenters. The number of rotatable bonds is 18. The van der Waals surface area contributed by atoms with Crippen LogP contribution in [0.2, 0.25) is 0 Å². The molecule has 1 fully saturated rings.